The van der Waals surface area contributed by atoms with Crippen LogP contribution in [0.4, 0.5) is 10.1 Å². The summed E-state index contributed by atoms with van der Waals surface area (Å²) in [5, 5.41) is 2.86. The zero-order chi connectivity index (χ0) is 19.2. The molecular formula is C21H26FN3O2. The lowest BCUT2D eigenvalue weighted by Crippen LogP contribution is -2.51. The minimum Gasteiger partial charge on any atom is -0.493 e. The van der Waals surface area contributed by atoms with Crippen molar-refractivity contribution in [3.8, 4) is 5.75 Å². The number of rotatable bonds is 8. The van der Waals surface area contributed by atoms with Crippen LogP contribution in [0, 0.1) is 17.7 Å². The summed E-state index contributed by atoms with van der Waals surface area (Å²) in [4.78, 5) is 18.2. The Morgan fingerprint density at radius 1 is 1.37 bits per heavy atom. The van der Waals surface area contributed by atoms with Gasteiger partial charge in [-0.25, -0.2) is 4.39 Å². The second kappa shape index (κ2) is 8.95. The van der Waals surface area contributed by atoms with Crippen molar-refractivity contribution in [1.29, 1.82) is 0 Å². The van der Waals surface area contributed by atoms with E-state index in [-0.39, 0.29) is 17.6 Å². The van der Waals surface area contributed by atoms with E-state index in [0.717, 1.165) is 6.42 Å². The number of benzene rings is 1. The van der Waals surface area contributed by atoms with Crippen molar-refractivity contribution in [2.24, 2.45) is 11.8 Å². The second-order valence-corrected chi connectivity index (χ2v) is 7.41. The summed E-state index contributed by atoms with van der Waals surface area (Å²) in [5.74, 6) is 0.763. The predicted octanol–water partition coefficient (Wildman–Crippen LogP) is 3.72. The summed E-state index contributed by atoms with van der Waals surface area (Å²) in [5.41, 5.74) is 1.32. The molecule has 2 heterocycles. The molecule has 1 fully saturated rings. The van der Waals surface area contributed by atoms with E-state index in [1.165, 1.54) is 6.07 Å². The molecule has 1 saturated heterocycles. The number of nitrogens with one attached hydrogen (secondary N) is 1. The highest BCUT2D eigenvalue weighted by Gasteiger charge is 2.32. The third kappa shape index (κ3) is 5.50. The van der Waals surface area contributed by atoms with E-state index in [4.69, 9.17) is 4.74 Å². The normalized spacial score (nSPS) is 14.8. The van der Waals surface area contributed by atoms with E-state index in [0.29, 0.717) is 49.2 Å². The van der Waals surface area contributed by atoms with Gasteiger partial charge in [0, 0.05) is 37.5 Å². The van der Waals surface area contributed by atoms with Crippen LogP contribution in [-0.4, -0.2) is 35.5 Å². The molecule has 0 saturated carbocycles. The van der Waals surface area contributed by atoms with Crippen molar-refractivity contribution in [3.05, 3.63) is 54.1 Å². The molecule has 1 aromatic heterocycles. The molecule has 1 aliphatic heterocycles. The number of hydrogen-bond acceptors (Lipinski definition) is 4. The lowest BCUT2D eigenvalue weighted by atomic mass is 9.98. The zero-order valence-corrected chi connectivity index (χ0v) is 15.8. The minimum atomic E-state index is -0.264. The Balaban J connectivity index is 1.45. The van der Waals surface area contributed by atoms with Gasteiger partial charge in [0.2, 0.25) is 5.91 Å². The third-order valence-corrected chi connectivity index (χ3v) is 4.64. The summed E-state index contributed by atoms with van der Waals surface area (Å²) in [6, 6.07) is 8.61. The number of amides is 1. The molecular weight excluding hydrogens is 345 g/mol. The van der Waals surface area contributed by atoms with Crippen LogP contribution in [0.15, 0.2) is 42.7 Å². The van der Waals surface area contributed by atoms with Crippen molar-refractivity contribution in [1.82, 2.24) is 9.88 Å². The molecule has 3 rings (SSSR count). The highest BCUT2D eigenvalue weighted by atomic mass is 19.1. The fraction of sp³-hybridized carbons (Fsp3) is 0.429. The van der Waals surface area contributed by atoms with Gasteiger partial charge in [-0.15, -0.1) is 0 Å². The number of likely N-dealkylation sites (tertiary alicyclic amines) is 1. The summed E-state index contributed by atoms with van der Waals surface area (Å²) in [6.45, 7) is 6.59. The first-order valence-corrected chi connectivity index (χ1v) is 9.35. The number of ether oxygens (including phenoxy) is 1. The first-order chi connectivity index (χ1) is 13.0. The standard InChI is InChI=1S/C21H26FN3O2/c1-15(2)7-9-27-19-6-5-16(20(22)10-19)12-25-13-17(14-25)21(26)24-18-4-3-8-23-11-18/h3-6,8,10-11,15,17H,7,9,12-14H2,1-2H3,(H,24,26). The summed E-state index contributed by atoms with van der Waals surface area (Å²) < 4.78 is 19.9. The molecule has 144 valence electrons. The molecule has 1 N–H and O–H groups in total. The van der Waals surface area contributed by atoms with Crippen LogP contribution in [0.3, 0.4) is 0 Å². The summed E-state index contributed by atoms with van der Waals surface area (Å²) in [7, 11) is 0. The van der Waals surface area contributed by atoms with Gasteiger partial charge < -0.3 is 10.1 Å². The van der Waals surface area contributed by atoms with Crippen molar-refractivity contribution in [2.75, 3.05) is 25.0 Å². The number of carbonyl (C=O) groups excluding carboxylic acids is 1. The number of pyridine rings is 1. The average molecular weight is 371 g/mol. The Morgan fingerprint density at radius 2 is 2.19 bits per heavy atom. The lowest BCUT2D eigenvalue weighted by molar-refractivity contribution is -0.125. The molecule has 0 radical (unpaired) electrons. The SMILES string of the molecule is CC(C)CCOc1ccc(CN2CC(C(=O)Nc3cccnc3)C2)c(F)c1. The van der Waals surface area contributed by atoms with Gasteiger partial charge in [-0.1, -0.05) is 19.9 Å². The predicted molar refractivity (Wildman–Crippen MR) is 103 cm³/mol. The molecule has 0 bridgehead atoms. The molecule has 1 aromatic carbocycles. The second-order valence-electron chi connectivity index (χ2n) is 7.41. The molecule has 0 aliphatic carbocycles. The molecule has 27 heavy (non-hydrogen) atoms. The van der Waals surface area contributed by atoms with Crippen molar-refractivity contribution < 1.29 is 13.9 Å². The van der Waals surface area contributed by atoms with Gasteiger partial charge in [-0.3, -0.25) is 14.7 Å². The molecule has 0 unspecified atom stereocenters. The first kappa shape index (κ1) is 19.3. The first-order valence-electron chi connectivity index (χ1n) is 9.35. The van der Waals surface area contributed by atoms with Gasteiger partial charge in [-0.2, -0.15) is 0 Å². The molecule has 1 aliphatic rings. The Labute approximate surface area is 159 Å². The van der Waals surface area contributed by atoms with Gasteiger partial charge in [0.1, 0.15) is 11.6 Å². The van der Waals surface area contributed by atoms with E-state index in [1.54, 1.807) is 24.5 Å². The van der Waals surface area contributed by atoms with E-state index >= 15 is 0 Å². The fourth-order valence-corrected chi connectivity index (χ4v) is 2.95. The maximum absolute atomic E-state index is 14.3. The Kier molecular flexibility index (Phi) is 6.40. The van der Waals surface area contributed by atoms with Gasteiger partial charge in [0.15, 0.2) is 0 Å². The van der Waals surface area contributed by atoms with Gasteiger partial charge in [-0.05, 0) is 30.5 Å². The highest BCUT2D eigenvalue weighted by Crippen LogP contribution is 2.24. The van der Waals surface area contributed by atoms with Crippen LogP contribution >= 0.6 is 0 Å². The van der Waals surface area contributed by atoms with Gasteiger partial charge >= 0.3 is 0 Å². The van der Waals surface area contributed by atoms with Gasteiger partial charge in [0.25, 0.3) is 0 Å². The van der Waals surface area contributed by atoms with Crippen LogP contribution in [0.1, 0.15) is 25.8 Å². The maximum atomic E-state index is 14.3. The molecule has 2 aromatic rings. The molecule has 5 nitrogen and oxygen atoms in total. The number of anilines is 1. The van der Waals surface area contributed by atoms with E-state index in [9.17, 15) is 9.18 Å². The molecule has 1 amide bonds. The average Bonchev–Trinajstić information content (AvgIpc) is 2.59. The quantitative estimate of drug-likeness (QED) is 0.768. The number of hydrogen-bond donors (Lipinski definition) is 1. The summed E-state index contributed by atoms with van der Waals surface area (Å²) in [6.07, 6.45) is 4.23. The lowest BCUT2D eigenvalue weighted by Gasteiger charge is -2.38. The number of aromatic nitrogens is 1. The zero-order valence-electron chi connectivity index (χ0n) is 15.8. The van der Waals surface area contributed by atoms with Gasteiger partial charge in [0.05, 0.1) is 24.4 Å². The smallest absolute Gasteiger partial charge is 0.230 e. The van der Waals surface area contributed by atoms with Crippen LogP contribution < -0.4 is 10.1 Å². The topological polar surface area (TPSA) is 54.5 Å². The Bertz CT molecular complexity index is 761. The van der Waals surface area contributed by atoms with E-state index < -0.39 is 0 Å². The van der Waals surface area contributed by atoms with Crippen molar-refractivity contribution >= 4 is 11.6 Å². The third-order valence-electron chi connectivity index (χ3n) is 4.64. The van der Waals surface area contributed by atoms with E-state index in [1.807, 2.05) is 12.1 Å². The highest BCUT2D eigenvalue weighted by molar-refractivity contribution is 5.93. The molecule has 6 heteroatoms. The Hall–Kier alpha value is -2.47. The monoisotopic (exact) mass is 371 g/mol. The number of halogens is 1. The van der Waals surface area contributed by atoms with Crippen LogP contribution in [0.2, 0.25) is 0 Å². The largest absolute Gasteiger partial charge is 0.493 e. The summed E-state index contributed by atoms with van der Waals surface area (Å²) >= 11 is 0. The van der Waals surface area contributed by atoms with E-state index in [2.05, 4.69) is 29.0 Å². The van der Waals surface area contributed by atoms with Crippen molar-refractivity contribution in [3.63, 3.8) is 0 Å². The maximum Gasteiger partial charge on any atom is 0.230 e. The fourth-order valence-electron chi connectivity index (χ4n) is 2.95. The number of nitrogens with zero attached hydrogens (tertiary/aromatic N) is 2. The van der Waals surface area contributed by atoms with Crippen LogP contribution in [0.25, 0.3) is 0 Å². The minimum absolute atomic E-state index is 0.0198. The molecule has 0 atom stereocenters. The Morgan fingerprint density at radius 3 is 2.85 bits per heavy atom. The number of carbonyl (C=O) groups is 1. The molecule has 0 spiro atoms. The van der Waals surface area contributed by atoms with Crippen molar-refractivity contribution in [2.45, 2.75) is 26.8 Å². The van der Waals surface area contributed by atoms with Crippen LogP contribution in [-0.2, 0) is 11.3 Å². The van der Waals surface area contributed by atoms with Crippen LogP contribution in [0.5, 0.6) is 5.75 Å².